The third-order valence-corrected chi connectivity index (χ3v) is 4.87. The van der Waals surface area contributed by atoms with Gasteiger partial charge in [-0.3, -0.25) is 4.79 Å². The molecule has 1 amide bonds. The molecule has 104 valence electrons. The highest BCUT2D eigenvalue weighted by molar-refractivity contribution is 7.80. The summed E-state index contributed by atoms with van der Waals surface area (Å²) in [7, 11) is 1.91. The number of hydrogen-bond donors (Lipinski definition) is 1. The van der Waals surface area contributed by atoms with Crippen LogP contribution in [0.25, 0.3) is 0 Å². The van der Waals surface area contributed by atoms with Crippen LogP contribution in [-0.2, 0) is 4.79 Å². The van der Waals surface area contributed by atoms with Gasteiger partial charge >= 0.3 is 0 Å². The Morgan fingerprint density at radius 2 is 1.83 bits per heavy atom. The molecule has 0 aliphatic heterocycles. The SMILES string of the molecule is CCC(C)(C(=O)N(C)C1CCCCCC1)C(N)=S. The summed E-state index contributed by atoms with van der Waals surface area (Å²) in [6, 6.07) is 0.361. The van der Waals surface area contributed by atoms with Crippen molar-refractivity contribution in [3.8, 4) is 0 Å². The van der Waals surface area contributed by atoms with E-state index >= 15 is 0 Å². The molecule has 1 fully saturated rings. The van der Waals surface area contributed by atoms with Gasteiger partial charge in [0.05, 0.1) is 10.4 Å². The van der Waals surface area contributed by atoms with Crippen LogP contribution in [0.1, 0.15) is 58.8 Å². The molecule has 1 rings (SSSR count). The lowest BCUT2D eigenvalue weighted by molar-refractivity contribution is -0.138. The predicted molar refractivity (Wildman–Crippen MR) is 79.4 cm³/mol. The molecule has 0 aromatic carbocycles. The fraction of sp³-hybridized carbons (Fsp3) is 0.857. The summed E-state index contributed by atoms with van der Waals surface area (Å²) in [6.07, 6.45) is 7.91. The fourth-order valence-electron chi connectivity index (χ4n) is 2.63. The first-order valence-electron chi connectivity index (χ1n) is 7.00. The van der Waals surface area contributed by atoms with Gasteiger partial charge in [-0.05, 0) is 26.2 Å². The first-order valence-corrected chi connectivity index (χ1v) is 7.41. The Hall–Kier alpha value is -0.640. The maximum absolute atomic E-state index is 12.6. The molecule has 1 saturated carbocycles. The monoisotopic (exact) mass is 270 g/mol. The maximum atomic E-state index is 12.6. The van der Waals surface area contributed by atoms with Crippen LogP contribution in [-0.4, -0.2) is 28.9 Å². The van der Waals surface area contributed by atoms with E-state index in [0.717, 1.165) is 12.8 Å². The highest BCUT2D eigenvalue weighted by Gasteiger charge is 2.38. The minimum atomic E-state index is -0.684. The van der Waals surface area contributed by atoms with Crippen LogP contribution in [0.5, 0.6) is 0 Å². The molecule has 0 heterocycles. The Labute approximate surface area is 116 Å². The maximum Gasteiger partial charge on any atom is 0.235 e. The molecule has 1 atom stereocenters. The van der Waals surface area contributed by atoms with E-state index in [0.29, 0.717) is 17.5 Å². The van der Waals surface area contributed by atoms with Crippen molar-refractivity contribution in [3.63, 3.8) is 0 Å². The summed E-state index contributed by atoms with van der Waals surface area (Å²) in [5.74, 6) is 0.0874. The van der Waals surface area contributed by atoms with Crippen LogP contribution in [0.4, 0.5) is 0 Å². The summed E-state index contributed by atoms with van der Waals surface area (Å²) in [5.41, 5.74) is 5.08. The molecule has 0 spiro atoms. The van der Waals surface area contributed by atoms with Gasteiger partial charge in [0.25, 0.3) is 0 Å². The molecule has 0 aromatic rings. The molecule has 1 aliphatic rings. The van der Waals surface area contributed by atoms with E-state index in [4.69, 9.17) is 18.0 Å². The number of nitrogens with zero attached hydrogens (tertiary/aromatic N) is 1. The summed E-state index contributed by atoms with van der Waals surface area (Å²) in [6.45, 7) is 3.84. The van der Waals surface area contributed by atoms with Crippen molar-refractivity contribution in [1.82, 2.24) is 4.90 Å². The molecule has 0 aromatic heterocycles. The van der Waals surface area contributed by atoms with Crippen LogP contribution < -0.4 is 5.73 Å². The van der Waals surface area contributed by atoms with Gasteiger partial charge in [0, 0.05) is 13.1 Å². The lowest BCUT2D eigenvalue weighted by atomic mass is 9.85. The zero-order chi connectivity index (χ0) is 13.8. The topological polar surface area (TPSA) is 46.3 Å². The number of rotatable bonds is 4. The van der Waals surface area contributed by atoms with Crippen molar-refractivity contribution in [2.24, 2.45) is 11.1 Å². The van der Waals surface area contributed by atoms with Crippen LogP contribution in [0, 0.1) is 5.41 Å². The smallest absolute Gasteiger partial charge is 0.235 e. The first-order chi connectivity index (χ1) is 8.43. The Bertz CT molecular complexity index is 311. The van der Waals surface area contributed by atoms with Crippen molar-refractivity contribution in [3.05, 3.63) is 0 Å². The minimum absolute atomic E-state index is 0.0874. The second kappa shape index (κ2) is 6.50. The number of carbonyl (C=O) groups is 1. The quantitative estimate of drug-likeness (QED) is 0.631. The molecule has 4 heteroatoms. The van der Waals surface area contributed by atoms with E-state index in [1.807, 2.05) is 25.8 Å². The van der Waals surface area contributed by atoms with Crippen LogP contribution >= 0.6 is 12.2 Å². The lowest BCUT2D eigenvalue weighted by Crippen LogP contribution is -2.50. The lowest BCUT2D eigenvalue weighted by Gasteiger charge is -2.35. The molecular weight excluding hydrogens is 244 g/mol. The normalized spacial score (nSPS) is 20.8. The van der Waals surface area contributed by atoms with Gasteiger partial charge in [0.1, 0.15) is 0 Å². The second-order valence-corrected chi connectivity index (χ2v) is 6.05. The van der Waals surface area contributed by atoms with Crippen molar-refractivity contribution in [2.75, 3.05) is 7.05 Å². The van der Waals surface area contributed by atoms with Gasteiger partial charge < -0.3 is 10.6 Å². The zero-order valence-electron chi connectivity index (χ0n) is 11.9. The van der Waals surface area contributed by atoms with Crippen LogP contribution in [0.3, 0.4) is 0 Å². The summed E-state index contributed by atoms with van der Waals surface area (Å²) in [5, 5.41) is 0. The van der Waals surface area contributed by atoms with Crippen LogP contribution in [0.2, 0.25) is 0 Å². The van der Waals surface area contributed by atoms with E-state index < -0.39 is 5.41 Å². The average Bonchev–Trinajstić information content (AvgIpc) is 2.64. The van der Waals surface area contributed by atoms with Crippen LogP contribution in [0.15, 0.2) is 0 Å². The van der Waals surface area contributed by atoms with Gasteiger partial charge in [0.15, 0.2) is 0 Å². The average molecular weight is 270 g/mol. The van der Waals surface area contributed by atoms with E-state index in [1.165, 1.54) is 25.7 Å². The minimum Gasteiger partial charge on any atom is -0.392 e. The van der Waals surface area contributed by atoms with E-state index in [1.54, 1.807) is 0 Å². The Morgan fingerprint density at radius 3 is 2.22 bits per heavy atom. The van der Waals surface area contributed by atoms with Crippen molar-refractivity contribution < 1.29 is 4.79 Å². The summed E-state index contributed by atoms with van der Waals surface area (Å²) in [4.78, 5) is 14.8. The highest BCUT2D eigenvalue weighted by Crippen LogP contribution is 2.28. The number of thiocarbonyl (C=S) groups is 1. The Kier molecular flexibility index (Phi) is 5.57. The van der Waals surface area contributed by atoms with E-state index in [9.17, 15) is 4.79 Å². The van der Waals surface area contributed by atoms with Gasteiger partial charge in [0.2, 0.25) is 5.91 Å². The molecular formula is C14H26N2OS. The third kappa shape index (κ3) is 3.22. The fourth-order valence-corrected chi connectivity index (χ4v) is 2.86. The molecule has 0 radical (unpaired) electrons. The number of carbonyl (C=O) groups excluding carboxylic acids is 1. The molecule has 1 unspecified atom stereocenters. The van der Waals surface area contributed by atoms with Gasteiger partial charge in [-0.15, -0.1) is 0 Å². The van der Waals surface area contributed by atoms with Gasteiger partial charge in [-0.2, -0.15) is 0 Å². The third-order valence-electron chi connectivity index (χ3n) is 4.42. The molecule has 0 bridgehead atoms. The van der Waals surface area contributed by atoms with Crippen molar-refractivity contribution in [1.29, 1.82) is 0 Å². The molecule has 18 heavy (non-hydrogen) atoms. The van der Waals surface area contributed by atoms with Crippen molar-refractivity contribution >= 4 is 23.1 Å². The van der Waals surface area contributed by atoms with E-state index in [2.05, 4.69) is 0 Å². The number of hydrogen-bond acceptors (Lipinski definition) is 2. The Morgan fingerprint density at radius 1 is 1.33 bits per heavy atom. The molecule has 1 aliphatic carbocycles. The van der Waals surface area contributed by atoms with E-state index in [-0.39, 0.29) is 5.91 Å². The van der Waals surface area contributed by atoms with Gasteiger partial charge in [-0.25, -0.2) is 0 Å². The number of amides is 1. The molecule has 3 nitrogen and oxygen atoms in total. The van der Waals surface area contributed by atoms with Gasteiger partial charge in [-0.1, -0.05) is 44.8 Å². The highest BCUT2D eigenvalue weighted by atomic mass is 32.1. The summed E-state index contributed by atoms with van der Waals surface area (Å²) >= 11 is 5.08. The molecule has 2 N–H and O–H groups in total. The summed E-state index contributed by atoms with van der Waals surface area (Å²) < 4.78 is 0. The Balaban J connectivity index is 2.78. The number of nitrogens with two attached hydrogens (primary N) is 1. The van der Waals surface area contributed by atoms with Crippen molar-refractivity contribution in [2.45, 2.75) is 64.8 Å². The predicted octanol–water partition coefficient (Wildman–Crippen LogP) is 2.87. The first kappa shape index (κ1) is 15.4. The molecule has 0 saturated heterocycles. The standard InChI is InChI=1S/C14H26N2OS/c1-4-14(2,12(15)18)13(17)16(3)11-9-7-5-6-8-10-11/h11H,4-10H2,1-3H3,(H2,15,18). The largest absolute Gasteiger partial charge is 0.392 e. The second-order valence-electron chi connectivity index (χ2n) is 5.61. The zero-order valence-corrected chi connectivity index (χ0v) is 12.7.